The Morgan fingerprint density at radius 2 is 1.90 bits per heavy atom. The molecule has 4 nitrogen and oxygen atoms in total. The predicted molar refractivity (Wildman–Crippen MR) is 102 cm³/mol. The second-order valence-electron chi connectivity index (χ2n) is 6.45. The summed E-state index contributed by atoms with van der Waals surface area (Å²) >= 11 is 1.13. The molecule has 0 fully saturated rings. The van der Waals surface area contributed by atoms with Gasteiger partial charge in [-0.2, -0.15) is 31.4 Å². The summed E-state index contributed by atoms with van der Waals surface area (Å²) in [5.41, 5.74) is -1.64. The highest BCUT2D eigenvalue weighted by molar-refractivity contribution is 8.14. The monoisotopic (exact) mass is 436 g/mol. The van der Waals surface area contributed by atoms with Gasteiger partial charge in [-0.3, -0.25) is 5.43 Å². The molecule has 1 unspecified atom stereocenters. The molecule has 1 atom stereocenters. The molecule has 11 heteroatoms. The van der Waals surface area contributed by atoms with Crippen molar-refractivity contribution in [3.63, 3.8) is 0 Å². The highest BCUT2D eigenvalue weighted by Gasteiger charge is 2.47. The highest BCUT2D eigenvalue weighted by Crippen LogP contribution is 2.43. The van der Waals surface area contributed by atoms with Gasteiger partial charge in [-0.1, -0.05) is 19.9 Å². The van der Waals surface area contributed by atoms with Crippen LogP contribution in [0.25, 0.3) is 4.85 Å². The topological polar surface area (TPSA) is 41.1 Å². The second-order valence-corrected chi connectivity index (χ2v) is 7.70. The molecule has 158 valence electrons. The van der Waals surface area contributed by atoms with Crippen LogP contribution in [0.5, 0.6) is 0 Å². The van der Waals surface area contributed by atoms with Gasteiger partial charge in [-0.15, -0.1) is 11.8 Å². The number of nitrogens with zero attached hydrogens (tertiary/aromatic N) is 3. The molecule has 0 spiro atoms. The molecule has 0 bridgehead atoms. The Labute approximate surface area is 168 Å². The first kappa shape index (κ1) is 23.1. The van der Waals surface area contributed by atoms with Crippen molar-refractivity contribution in [2.45, 2.75) is 51.5 Å². The molecule has 0 radical (unpaired) electrons. The van der Waals surface area contributed by atoms with E-state index in [0.717, 1.165) is 17.8 Å². The number of thioether (sulfide) groups is 1. The average molecular weight is 436 g/mol. The highest BCUT2D eigenvalue weighted by atomic mass is 32.2. The second kappa shape index (κ2) is 8.26. The van der Waals surface area contributed by atoms with Crippen LogP contribution in [0.3, 0.4) is 0 Å². The molecule has 2 rings (SSSR count). The molecular formula is C18H18F6N4S. The zero-order valence-electron chi connectivity index (χ0n) is 15.8. The summed E-state index contributed by atoms with van der Waals surface area (Å²) in [6, 6.07) is 2.33. The number of aliphatic imine (C=N–C) groups is 1. The Bertz CT molecular complexity index is 882. The van der Waals surface area contributed by atoms with Crippen molar-refractivity contribution in [1.82, 2.24) is 5.43 Å². The van der Waals surface area contributed by atoms with Crippen molar-refractivity contribution in [2.75, 3.05) is 5.75 Å². The van der Waals surface area contributed by atoms with Crippen LogP contribution < -0.4 is 5.43 Å². The van der Waals surface area contributed by atoms with Crippen LogP contribution >= 0.6 is 11.8 Å². The van der Waals surface area contributed by atoms with Gasteiger partial charge in [0.05, 0.1) is 17.8 Å². The van der Waals surface area contributed by atoms with Crippen molar-refractivity contribution in [3.8, 4) is 0 Å². The van der Waals surface area contributed by atoms with Crippen LogP contribution in [0.2, 0.25) is 0 Å². The van der Waals surface area contributed by atoms with Gasteiger partial charge in [0.25, 0.3) is 0 Å². The van der Waals surface area contributed by atoms with E-state index in [9.17, 15) is 26.3 Å². The maximum atomic E-state index is 13.6. The van der Waals surface area contributed by atoms with Crippen molar-refractivity contribution in [1.29, 1.82) is 0 Å². The molecule has 0 aliphatic carbocycles. The van der Waals surface area contributed by atoms with E-state index in [1.165, 1.54) is 19.9 Å². The van der Waals surface area contributed by atoms with E-state index in [-0.39, 0.29) is 22.7 Å². The number of rotatable bonds is 4. The molecule has 1 aromatic carbocycles. The average Bonchev–Trinajstić information content (AvgIpc) is 3.03. The van der Waals surface area contributed by atoms with Crippen molar-refractivity contribution in [2.24, 2.45) is 10.1 Å². The molecule has 1 N–H and O–H groups in total. The maximum Gasteiger partial charge on any atom is 0.431 e. The molecule has 0 saturated heterocycles. The van der Waals surface area contributed by atoms with Gasteiger partial charge in [0.15, 0.2) is 5.69 Å². The van der Waals surface area contributed by atoms with Crippen molar-refractivity contribution < 1.29 is 26.3 Å². The van der Waals surface area contributed by atoms with E-state index >= 15 is 0 Å². The Balaban J connectivity index is 2.59. The lowest BCUT2D eigenvalue weighted by Gasteiger charge is -2.26. The first-order valence-corrected chi connectivity index (χ1v) is 9.59. The Morgan fingerprint density at radius 1 is 1.24 bits per heavy atom. The fourth-order valence-corrected chi connectivity index (χ4v) is 3.82. The molecule has 1 heterocycles. The third kappa shape index (κ3) is 4.86. The largest absolute Gasteiger partial charge is 0.431 e. The molecule has 0 aromatic heterocycles. The SMILES string of the molecule is [C-]#[N+]c1ccc(N=C(SCC)C2(C)CC(C(F)(F)F)=NN2)c(CC)c1C(F)(F)F. The van der Waals surface area contributed by atoms with Crippen LogP contribution in [0.4, 0.5) is 37.7 Å². The smallest absolute Gasteiger partial charge is 0.297 e. The third-order valence-corrected chi connectivity index (χ3v) is 5.39. The maximum absolute atomic E-state index is 13.6. The van der Waals surface area contributed by atoms with Gasteiger partial charge in [0.1, 0.15) is 16.3 Å². The van der Waals surface area contributed by atoms with Crippen molar-refractivity contribution >= 4 is 33.9 Å². The fourth-order valence-electron chi connectivity index (χ4n) is 2.95. The first-order valence-electron chi connectivity index (χ1n) is 8.60. The number of nitrogens with one attached hydrogen (secondary N) is 1. The van der Waals surface area contributed by atoms with Gasteiger partial charge >= 0.3 is 12.4 Å². The van der Waals surface area contributed by atoms with E-state index < -0.39 is 41.3 Å². The number of hydrogen-bond acceptors (Lipinski definition) is 4. The summed E-state index contributed by atoms with van der Waals surface area (Å²) in [7, 11) is 0. The van der Waals surface area contributed by atoms with Gasteiger partial charge in [0.2, 0.25) is 0 Å². The van der Waals surface area contributed by atoms with Crippen molar-refractivity contribution in [3.05, 3.63) is 34.7 Å². The number of halogens is 6. The minimum atomic E-state index is -4.75. The van der Waals surface area contributed by atoms with Gasteiger partial charge in [0, 0.05) is 6.42 Å². The summed E-state index contributed by atoms with van der Waals surface area (Å²) in [5, 5.41) is 3.56. The summed E-state index contributed by atoms with van der Waals surface area (Å²) in [6.07, 6.45) is -9.90. The minimum absolute atomic E-state index is 0.0216. The molecule has 1 aliphatic rings. The zero-order chi connectivity index (χ0) is 22.0. The van der Waals surface area contributed by atoms with E-state index in [1.807, 2.05) is 0 Å². The Hall–Kier alpha value is -2.22. The number of hydrazone groups is 1. The third-order valence-electron chi connectivity index (χ3n) is 4.28. The summed E-state index contributed by atoms with van der Waals surface area (Å²) in [5.74, 6) is 0.450. The molecular weight excluding hydrogens is 418 g/mol. The van der Waals surface area contributed by atoms with Gasteiger partial charge in [-0.25, -0.2) is 9.84 Å². The minimum Gasteiger partial charge on any atom is -0.297 e. The normalized spacial score (nSPS) is 20.3. The predicted octanol–water partition coefficient (Wildman–Crippen LogP) is 6.27. The quantitative estimate of drug-likeness (QED) is 0.262. The van der Waals surface area contributed by atoms with Gasteiger partial charge in [-0.05, 0) is 30.7 Å². The number of alkyl halides is 6. The Morgan fingerprint density at radius 3 is 2.34 bits per heavy atom. The van der Waals surface area contributed by atoms with Gasteiger partial charge < -0.3 is 0 Å². The number of hydrogen-bond donors (Lipinski definition) is 1. The summed E-state index contributed by atoms with van der Waals surface area (Å²) in [4.78, 5) is 7.26. The molecule has 1 aromatic rings. The Kier molecular flexibility index (Phi) is 6.57. The number of benzene rings is 1. The zero-order valence-corrected chi connectivity index (χ0v) is 16.6. The standard InChI is InChI=1S/C18H18F6N4S/c1-5-10-11(7-8-12(25-4)14(10)18(22,23)24)26-15(29-6-2)16(3)9-13(27-28-16)17(19,20)21/h7-8,28H,5-6,9H2,1-3H3. The van der Waals surface area contributed by atoms with Crippen LogP contribution in [0, 0.1) is 6.57 Å². The molecule has 1 aliphatic heterocycles. The first-order chi connectivity index (χ1) is 13.4. The lowest BCUT2D eigenvalue weighted by molar-refractivity contribution is -0.137. The molecule has 0 amide bonds. The van der Waals surface area contributed by atoms with E-state index in [4.69, 9.17) is 6.57 Å². The lowest BCUT2D eigenvalue weighted by atomic mass is 9.97. The molecule has 0 saturated carbocycles. The van der Waals surface area contributed by atoms with E-state index in [0.29, 0.717) is 5.75 Å². The van der Waals surface area contributed by atoms with Crippen LogP contribution in [-0.2, 0) is 12.6 Å². The van der Waals surface area contributed by atoms with E-state index in [1.54, 1.807) is 6.92 Å². The van der Waals surface area contributed by atoms with Crippen LogP contribution in [0.1, 0.15) is 38.3 Å². The summed E-state index contributed by atoms with van der Waals surface area (Å²) in [6.45, 7) is 11.8. The van der Waals surface area contributed by atoms with Crippen LogP contribution in [0.15, 0.2) is 22.2 Å². The summed E-state index contributed by atoms with van der Waals surface area (Å²) < 4.78 is 79.7. The molecule has 29 heavy (non-hydrogen) atoms. The fraction of sp³-hybridized carbons (Fsp3) is 0.500. The lowest BCUT2D eigenvalue weighted by Crippen LogP contribution is -2.43. The van der Waals surface area contributed by atoms with Crippen LogP contribution in [-0.4, -0.2) is 28.2 Å². The van der Waals surface area contributed by atoms with E-state index in [2.05, 4.69) is 20.4 Å².